The second-order valence-electron chi connectivity index (χ2n) is 8.76. The summed E-state index contributed by atoms with van der Waals surface area (Å²) in [6.07, 6.45) is 2.75. The molecule has 0 aliphatic carbocycles. The smallest absolute Gasteiger partial charge is 0.327 e. The maximum absolute atomic E-state index is 12.5. The Hall–Kier alpha value is -2.20. The number of imide groups is 2. The van der Waals surface area contributed by atoms with Gasteiger partial charge in [0.15, 0.2) is 0 Å². The normalized spacial score (nSPS) is 20.9. The van der Waals surface area contributed by atoms with E-state index in [1.807, 2.05) is 0 Å². The number of β-amino-alcohol motifs (C(OH)–C–C–N with tert-alkyl or cyclic N) is 2. The zero-order valence-corrected chi connectivity index (χ0v) is 18.4. The zero-order chi connectivity index (χ0) is 22.7. The Bertz CT molecular complexity index is 635. The molecule has 0 spiro atoms. The molecule has 2 rings (SSSR count). The van der Waals surface area contributed by atoms with Crippen molar-refractivity contribution >= 4 is 23.9 Å². The molecule has 2 N–H and O–H groups in total. The van der Waals surface area contributed by atoms with Crippen molar-refractivity contribution in [1.82, 2.24) is 19.6 Å². The van der Waals surface area contributed by atoms with E-state index in [4.69, 9.17) is 10.2 Å². The lowest BCUT2D eigenvalue weighted by Gasteiger charge is -2.26. The third-order valence-electron chi connectivity index (χ3n) is 5.97. The van der Waals surface area contributed by atoms with Gasteiger partial charge in [-0.2, -0.15) is 0 Å². The van der Waals surface area contributed by atoms with Gasteiger partial charge in [-0.25, -0.2) is 9.59 Å². The molecule has 2 aliphatic rings. The number of nitrogens with zero attached hydrogens (tertiary/aromatic N) is 4. The van der Waals surface area contributed by atoms with Gasteiger partial charge in [0.25, 0.3) is 11.8 Å². The molecule has 10 nitrogen and oxygen atoms in total. The number of unbranched alkanes of at least 4 members (excludes halogenated alkanes) is 3. The molecule has 170 valence electrons. The van der Waals surface area contributed by atoms with Gasteiger partial charge in [0.2, 0.25) is 0 Å². The molecule has 2 aliphatic heterocycles. The minimum absolute atomic E-state index is 0.121. The SMILES string of the molecule is CC1(C)C(=O)N(CCCCCCN2C(=O)N(CCO)C(C)(C)C2=O)C(=O)N1CCO. The Morgan fingerprint density at radius 1 is 0.600 bits per heavy atom. The number of urea groups is 2. The Labute approximate surface area is 177 Å². The second kappa shape index (κ2) is 9.30. The van der Waals surface area contributed by atoms with Crippen LogP contribution in [0.15, 0.2) is 0 Å². The van der Waals surface area contributed by atoms with Crippen molar-refractivity contribution in [1.29, 1.82) is 0 Å². The maximum atomic E-state index is 12.5. The fraction of sp³-hybridized carbons (Fsp3) is 0.800. The van der Waals surface area contributed by atoms with Crippen molar-refractivity contribution in [2.24, 2.45) is 0 Å². The van der Waals surface area contributed by atoms with Crippen LogP contribution in [0.5, 0.6) is 0 Å². The summed E-state index contributed by atoms with van der Waals surface area (Å²) in [5.74, 6) is -0.527. The number of amides is 6. The number of carbonyl (C=O) groups excluding carboxylic acids is 4. The molecule has 0 radical (unpaired) electrons. The largest absolute Gasteiger partial charge is 0.395 e. The molecule has 0 aromatic rings. The minimum atomic E-state index is -0.955. The van der Waals surface area contributed by atoms with Crippen molar-refractivity contribution in [3.8, 4) is 0 Å². The average molecular weight is 427 g/mol. The van der Waals surface area contributed by atoms with Crippen LogP contribution >= 0.6 is 0 Å². The van der Waals surface area contributed by atoms with Crippen LogP contribution in [0.25, 0.3) is 0 Å². The summed E-state index contributed by atoms with van der Waals surface area (Å²) >= 11 is 0. The van der Waals surface area contributed by atoms with E-state index in [1.54, 1.807) is 27.7 Å². The molecule has 2 fully saturated rings. The number of aliphatic hydroxyl groups is 2. The molecule has 0 saturated carbocycles. The highest BCUT2D eigenvalue weighted by molar-refractivity contribution is 6.07. The van der Waals surface area contributed by atoms with Gasteiger partial charge in [0, 0.05) is 26.2 Å². The van der Waals surface area contributed by atoms with Crippen molar-refractivity contribution in [2.75, 3.05) is 39.4 Å². The molecule has 6 amide bonds. The molecule has 0 aromatic heterocycles. The van der Waals surface area contributed by atoms with E-state index in [9.17, 15) is 19.2 Å². The number of aliphatic hydroxyl groups excluding tert-OH is 2. The lowest BCUT2D eigenvalue weighted by atomic mass is 10.0. The third-order valence-corrected chi connectivity index (χ3v) is 5.97. The third kappa shape index (κ3) is 4.29. The number of carbonyl (C=O) groups is 4. The minimum Gasteiger partial charge on any atom is -0.395 e. The van der Waals surface area contributed by atoms with Gasteiger partial charge in [0.1, 0.15) is 11.1 Å². The van der Waals surface area contributed by atoms with Gasteiger partial charge in [-0.05, 0) is 40.5 Å². The van der Waals surface area contributed by atoms with Gasteiger partial charge in [-0.1, -0.05) is 12.8 Å². The van der Waals surface area contributed by atoms with Crippen LogP contribution in [0.1, 0.15) is 53.4 Å². The van der Waals surface area contributed by atoms with Crippen LogP contribution in [0, 0.1) is 0 Å². The molecule has 30 heavy (non-hydrogen) atoms. The molecular weight excluding hydrogens is 392 g/mol. The number of rotatable bonds is 11. The topological polar surface area (TPSA) is 122 Å². The van der Waals surface area contributed by atoms with Crippen LogP contribution in [-0.2, 0) is 9.59 Å². The zero-order valence-electron chi connectivity index (χ0n) is 18.4. The van der Waals surface area contributed by atoms with E-state index < -0.39 is 11.1 Å². The second-order valence-corrected chi connectivity index (χ2v) is 8.76. The molecule has 0 bridgehead atoms. The number of hydrogen-bond donors (Lipinski definition) is 2. The first-order valence-corrected chi connectivity index (χ1v) is 10.5. The highest BCUT2D eigenvalue weighted by Crippen LogP contribution is 2.29. The van der Waals surface area contributed by atoms with E-state index >= 15 is 0 Å². The average Bonchev–Trinajstić information content (AvgIpc) is 2.94. The van der Waals surface area contributed by atoms with E-state index in [2.05, 4.69) is 0 Å². The Morgan fingerprint density at radius 2 is 0.933 bits per heavy atom. The van der Waals surface area contributed by atoms with Crippen molar-refractivity contribution < 1.29 is 29.4 Å². The van der Waals surface area contributed by atoms with E-state index in [0.717, 1.165) is 12.8 Å². The molecule has 0 aromatic carbocycles. The summed E-state index contributed by atoms with van der Waals surface area (Å²) in [5.41, 5.74) is -1.91. The van der Waals surface area contributed by atoms with Crippen LogP contribution in [0.4, 0.5) is 9.59 Å². The van der Waals surface area contributed by atoms with E-state index in [-0.39, 0.29) is 50.2 Å². The van der Waals surface area contributed by atoms with Gasteiger partial charge in [-0.15, -0.1) is 0 Å². The summed E-state index contributed by atoms with van der Waals surface area (Å²) in [7, 11) is 0. The van der Waals surface area contributed by atoms with Crippen LogP contribution in [0.3, 0.4) is 0 Å². The lowest BCUT2D eigenvalue weighted by Crippen LogP contribution is -2.45. The standard InChI is InChI=1S/C20H34N4O6/c1-19(2)15(27)21(17(29)23(19)11-13-25)9-7-5-6-8-10-22-16(28)20(3,4)24(12-14-26)18(22)30/h25-26H,5-14H2,1-4H3. The van der Waals surface area contributed by atoms with Gasteiger partial charge >= 0.3 is 12.1 Å². The summed E-state index contributed by atoms with van der Waals surface area (Å²) < 4.78 is 0. The van der Waals surface area contributed by atoms with Crippen molar-refractivity contribution in [3.63, 3.8) is 0 Å². The van der Waals surface area contributed by atoms with Crippen LogP contribution < -0.4 is 0 Å². The lowest BCUT2D eigenvalue weighted by molar-refractivity contribution is -0.132. The van der Waals surface area contributed by atoms with Crippen molar-refractivity contribution in [2.45, 2.75) is 64.5 Å². The summed E-state index contributed by atoms with van der Waals surface area (Å²) in [5, 5.41) is 18.3. The summed E-state index contributed by atoms with van der Waals surface area (Å²) in [6.45, 7) is 7.16. The molecule has 10 heteroatoms. The number of hydrogen-bond acceptors (Lipinski definition) is 6. The highest BCUT2D eigenvalue weighted by atomic mass is 16.3. The predicted octanol–water partition coefficient (Wildman–Crippen LogP) is 0.617. The van der Waals surface area contributed by atoms with Crippen LogP contribution in [0.2, 0.25) is 0 Å². The molecular formula is C20H34N4O6. The van der Waals surface area contributed by atoms with Crippen molar-refractivity contribution in [3.05, 3.63) is 0 Å². The first-order valence-electron chi connectivity index (χ1n) is 10.5. The predicted molar refractivity (Wildman–Crippen MR) is 108 cm³/mol. The van der Waals surface area contributed by atoms with Gasteiger partial charge in [-0.3, -0.25) is 19.4 Å². The van der Waals surface area contributed by atoms with Crippen LogP contribution in [-0.4, -0.2) is 104 Å². The van der Waals surface area contributed by atoms with Gasteiger partial charge < -0.3 is 20.0 Å². The fourth-order valence-electron chi connectivity index (χ4n) is 4.07. The molecule has 0 atom stereocenters. The van der Waals surface area contributed by atoms with E-state index in [1.165, 1.54) is 19.6 Å². The first-order chi connectivity index (χ1) is 14.0. The Kier molecular flexibility index (Phi) is 7.46. The maximum Gasteiger partial charge on any atom is 0.327 e. The van der Waals surface area contributed by atoms with E-state index in [0.29, 0.717) is 25.9 Å². The quantitative estimate of drug-likeness (QED) is 0.369. The molecule has 2 heterocycles. The fourth-order valence-corrected chi connectivity index (χ4v) is 4.07. The molecule has 0 unspecified atom stereocenters. The first kappa shape index (κ1) is 24.1. The summed E-state index contributed by atoms with van der Waals surface area (Å²) in [6, 6.07) is -0.753. The highest BCUT2D eigenvalue weighted by Gasteiger charge is 2.51. The molecule has 2 saturated heterocycles. The Balaban J connectivity index is 1.77. The van der Waals surface area contributed by atoms with Gasteiger partial charge in [0.05, 0.1) is 13.2 Å². The summed E-state index contributed by atoms with van der Waals surface area (Å²) in [4.78, 5) is 55.2. The monoisotopic (exact) mass is 426 g/mol. The Morgan fingerprint density at radius 3 is 1.23 bits per heavy atom.